The lowest BCUT2D eigenvalue weighted by molar-refractivity contribution is -0.147. The van der Waals surface area contributed by atoms with Crippen LogP contribution in [0.25, 0.3) is 0 Å². The lowest BCUT2D eigenvalue weighted by Gasteiger charge is -2.15. The standard InChI is InChI=1S/C10H11ClO3/c1-6(9(12)10(13)14)7-3-2-4-8(11)5-7/h2-6,9,12H,1H3,(H,13,14). The van der Waals surface area contributed by atoms with E-state index in [1.54, 1.807) is 31.2 Å². The monoisotopic (exact) mass is 214 g/mol. The van der Waals surface area contributed by atoms with Crippen LogP contribution in [0.4, 0.5) is 0 Å². The van der Waals surface area contributed by atoms with Crippen LogP contribution in [0.2, 0.25) is 5.02 Å². The molecule has 2 N–H and O–H groups in total. The molecule has 1 aromatic rings. The average Bonchev–Trinajstić information content (AvgIpc) is 2.15. The fourth-order valence-electron chi connectivity index (χ4n) is 1.19. The van der Waals surface area contributed by atoms with Gasteiger partial charge in [0, 0.05) is 10.9 Å². The Morgan fingerprint density at radius 3 is 2.64 bits per heavy atom. The van der Waals surface area contributed by atoms with Crippen molar-refractivity contribution in [2.24, 2.45) is 0 Å². The van der Waals surface area contributed by atoms with Gasteiger partial charge in [0.15, 0.2) is 6.10 Å². The van der Waals surface area contributed by atoms with Crippen molar-refractivity contribution < 1.29 is 15.0 Å². The minimum atomic E-state index is -1.39. The van der Waals surface area contributed by atoms with Gasteiger partial charge in [-0.05, 0) is 17.7 Å². The molecule has 0 heterocycles. The molecule has 1 aromatic carbocycles. The summed E-state index contributed by atoms with van der Waals surface area (Å²) in [6, 6.07) is 6.81. The Hall–Kier alpha value is -1.06. The van der Waals surface area contributed by atoms with Crippen LogP contribution in [0.15, 0.2) is 24.3 Å². The van der Waals surface area contributed by atoms with E-state index in [1.165, 1.54) is 0 Å². The highest BCUT2D eigenvalue weighted by Gasteiger charge is 2.22. The van der Waals surface area contributed by atoms with Gasteiger partial charge < -0.3 is 10.2 Å². The van der Waals surface area contributed by atoms with Crippen LogP contribution in [0, 0.1) is 0 Å². The summed E-state index contributed by atoms with van der Waals surface area (Å²) in [7, 11) is 0. The van der Waals surface area contributed by atoms with Crippen molar-refractivity contribution in [2.75, 3.05) is 0 Å². The van der Waals surface area contributed by atoms with E-state index in [1.807, 2.05) is 0 Å². The van der Waals surface area contributed by atoms with Gasteiger partial charge in [0.25, 0.3) is 0 Å². The second-order valence-corrected chi connectivity index (χ2v) is 3.56. The molecule has 2 atom stereocenters. The Balaban J connectivity index is 2.89. The molecule has 14 heavy (non-hydrogen) atoms. The topological polar surface area (TPSA) is 57.5 Å². The maximum absolute atomic E-state index is 10.5. The van der Waals surface area contributed by atoms with Crippen molar-refractivity contribution in [3.05, 3.63) is 34.9 Å². The number of rotatable bonds is 3. The second kappa shape index (κ2) is 4.44. The van der Waals surface area contributed by atoms with Crippen molar-refractivity contribution in [2.45, 2.75) is 18.9 Å². The lowest BCUT2D eigenvalue weighted by atomic mass is 9.95. The maximum Gasteiger partial charge on any atom is 0.333 e. The van der Waals surface area contributed by atoms with E-state index in [0.717, 1.165) is 0 Å². The number of hydrogen-bond donors (Lipinski definition) is 2. The molecule has 4 heteroatoms. The zero-order chi connectivity index (χ0) is 10.7. The number of carboxylic acid groups (broad SMARTS) is 1. The molecule has 0 saturated carbocycles. The fraction of sp³-hybridized carbons (Fsp3) is 0.300. The maximum atomic E-state index is 10.5. The highest BCUT2D eigenvalue weighted by Crippen LogP contribution is 2.22. The molecule has 0 spiro atoms. The van der Waals surface area contributed by atoms with E-state index in [2.05, 4.69) is 0 Å². The SMILES string of the molecule is CC(c1cccc(Cl)c1)C(O)C(=O)O. The van der Waals surface area contributed by atoms with Crippen molar-refractivity contribution in [1.29, 1.82) is 0 Å². The average molecular weight is 215 g/mol. The lowest BCUT2D eigenvalue weighted by Crippen LogP contribution is -2.25. The van der Waals surface area contributed by atoms with Gasteiger partial charge in [0.1, 0.15) is 0 Å². The summed E-state index contributed by atoms with van der Waals surface area (Å²) < 4.78 is 0. The van der Waals surface area contributed by atoms with E-state index >= 15 is 0 Å². The van der Waals surface area contributed by atoms with Crippen molar-refractivity contribution in [1.82, 2.24) is 0 Å². The van der Waals surface area contributed by atoms with Crippen LogP contribution in [0.1, 0.15) is 18.4 Å². The number of carboxylic acids is 1. The Morgan fingerprint density at radius 1 is 1.50 bits per heavy atom. The molecule has 0 bridgehead atoms. The number of carbonyl (C=O) groups is 1. The molecule has 0 fully saturated rings. The highest BCUT2D eigenvalue weighted by molar-refractivity contribution is 6.30. The molecule has 76 valence electrons. The van der Waals surface area contributed by atoms with E-state index < -0.39 is 18.0 Å². The number of aliphatic carboxylic acids is 1. The first kappa shape index (κ1) is 11.0. The Bertz CT molecular complexity index is 338. The minimum absolute atomic E-state index is 0.466. The number of aliphatic hydroxyl groups excluding tert-OH is 1. The van der Waals surface area contributed by atoms with Gasteiger partial charge in [0.05, 0.1) is 0 Å². The van der Waals surface area contributed by atoms with Gasteiger partial charge in [-0.3, -0.25) is 0 Å². The summed E-state index contributed by atoms with van der Waals surface area (Å²) in [6.45, 7) is 1.64. The van der Waals surface area contributed by atoms with Gasteiger partial charge in [0.2, 0.25) is 0 Å². The zero-order valence-corrected chi connectivity index (χ0v) is 8.40. The Kier molecular flexibility index (Phi) is 3.49. The number of hydrogen-bond acceptors (Lipinski definition) is 2. The van der Waals surface area contributed by atoms with E-state index in [0.29, 0.717) is 10.6 Å². The Labute approximate surface area is 86.9 Å². The van der Waals surface area contributed by atoms with Crippen LogP contribution in [0.5, 0.6) is 0 Å². The predicted octanol–water partition coefficient (Wildman–Crippen LogP) is 1.89. The first-order chi connectivity index (χ1) is 6.52. The van der Waals surface area contributed by atoms with Gasteiger partial charge in [-0.15, -0.1) is 0 Å². The molecule has 0 aliphatic heterocycles. The highest BCUT2D eigenvalue weighted by atomic mass is 35.5. The predicted molar refractivity (Wildman–Crippen MR) is 53.5 cm³/mol. The first-order valence-electron chi connectivity index (χ1n) is 4.18. The van der Waals surface area contributed by atoms with Gasteiger partial charge in [-0.1, -0.05) is 30.7 Å². The van der Waals surface area contributed by atoms with Crippen molar-refractivity contribution in [3.63, 3.8) is 0 Å². The second-order valence-electron chi connectivity index (χ2n) is 3.13. The summed E-state index contributed by atoms with van der Waals surface area (Å²) in [5, 5.41) is 18.4. The van der Waals surface area contributed by atoms with Crippen LogP contribution in [-0.2, 0) is 4.79 Å². The van der Waals surface area contributed by atoms with Crippen molar-refractivity contribution >= 4 is 17.6 Å². The first-order valence-corrected chi connectivity index (χ1v) is 4.56. The Morgan fingerprint density at radius 2 is 2.14 bits per heavy atom. The summed E-state index contributed by atoms with van der Waals surface area (Å²) in [5.74, 6) is -1.69. The summed E-state index contributed by atoms with van der Waals surface area (Å²) >= 11 is 5.74. The molecule has 1 rings (SSSR count). The third-order valence-electron chi connectivity index (χ3n) is 2.10. The largest absolute Gasteiger partial charge is 0.479 e. The van der Waals surface area contributed by atoms with Crippen LogP contribution >= 0.6 is 11.6 Å². The van der Waals surface area contributed by atoms with E-state index in [9.17, 15) is 9.90 Å². The van der Waals surface area contributed by atoms with E-state index in [4.69, 9.17) is 16.7 Å². The van der Waals surface area contributed by atoms with E-state index in [-0.39, 0.29) is 0 Å². The molecular formula is C10H11ClO3. The van der Waals surface area contributed by atoms with Gasteiger partial charge in [-0.2, -0.15) is 0 Å². The molecule has 0 radical (unpaired) electrons. The smallest absolute Gasteiger partial charge is 0.333 e. The summed E-state index contributed by atoms with van der Waals surface area (Å²) in [5.41, 5.74) is 0.715. The van der Waals surface area contributed by atoms with Gasteiger partial charge in [-0.25, -0.2) is 4.79 Å². The van der Waals surface area contributed by atoms with Crippen LogP contribution < -0.4 is 0 Å². The number of aliphatic hydroxyl groups is 1. The molecule has 3 nitrogen and oxygen atoms in total. The van der Waals surface area contributed by atoms with Crippen LogP contribution in [0.3, 0.4) is 0 Å². The molecular weight excluding hydrogens is 204 g/mol. The molecule has 2 unspecified atom stereocenters. The molecule has 0 aliphatic carbocycles. The fourth-order valence-corrected chi connectivity index (χ4v) is 1.38. The number of benzene rings is 1. The number of halogens is 1. The third kappa shape index (κ3) is 2.47. The molecule has 0 aliphatic rings. The molecule has 0 saturated heterocycles. The minimum Gasteiger partial charge on any atom is -0.479 e. The third-order valence-corrected chi connectivity index (χ3v) is 2.34. The summed E-state index contributed by atoms with van der Waals surface area (Å²) in [4.78, 5) is 10.5. The van der Waals surface area contributed by atoms with Crippen molar-refractivity contribution in [3.8, 4) is 0 Å². The van der Waals surface area contributed by atoms with Gasteiger partial charge >= 0.3 is 5.97 Å². The van der Waals surface area contributed by atoms with Crippen LogP contribution in [-0.4, -0.2) is 22.3 Å². The zero-order valence-electron chi connectivity index (χ0n) is 7.64. The molecule has 0 amide bonds. The summed E-state index contributed by atoms with van der Waals surface area (Å²) in [6.07, 6.45) is -1.39. The molecule has 0 aromatic heterocycles. The quantitative estimate of drug-likeness (QED) is 0.808. The normalized spacial score (nSPS) is 14.8.